The highest BCUT2D eigenvalue weighted by Gasteiger charge is 2.13. The van der Waals surface area contributed by atoms with Crippen LogP contribution in [0.5, 0.6) is 11.5 Å². The highest BCUT2D eigenvalue weighted by molar-refractivity contribution is 5.84. The van der Waals surface area contributed by atoms with Gasteiger partial charge in [0.1, 0.15) is 5.75 Å². The first-order chi connectivity index (χ1) is 12.3. The third kappa shape index (κ3) is 4.79. The second-order valence-electron chi connectivity index (χ2n) is 5.81. The molecule has 0 aromatic heterocycles. The van der Waals surface area contributed by atoms with Crippen LogP contribution in [0.4, 0.5) is 5.69 Å². The molecule has 136 valence electrons. The molecule has 0 radical (unpaired) electrons. The lowest BCUT2D eigenvalue weighted by molar-refractivity contribution is -0.385. The number of phenols is 1. The van der Waals surface area contributed by atoms with Crippen molar-refractivity contribution in [3.63, 3.8) is 0 Å². The molecule has 1 amide bonds. The molecule has 2 N–H and O–H groups in total. The first kappa shape index (κ1) is 18.9. The second kappa shape index (κ2) is 8.11. The Morgan fingerprint density at radius 2 is 1.92 bits per heavy atom. The maximum absolute atomic E-state index is 11.8. The van der Waals surface area contributed by atoms with Crippen LogP contribution in [-0.4, -0.2) is 28.8 Å². The first-order valence-corrected chi connectivity index (χ1v) is 7.78. The maximum Gasteiger partial charge on any atom is 0.311 e. The van der Waals surface area contributed by atoms with E-state index in [9.17, 15) is 20.0 Å². The number of hydrogen-bond acceptors (Lipinski definition) is 6. The molecule has 8 nitrogen and oxygen atoms in total. The molecule has 2 aromatic rings. The quantitative estimate of drug-likeness (QED) is 0.469. The van der Waals surface area contributed by atoms with Crippen LogP contribution in [0.1, 0.15) is 22.3 Å². The summed E-state index contributed by atoms with van der Waals surface area (Å²) < 4.78 is 5.55. The summed E-state index contributed by atoms with van der Waals surface area (Å²) in [5, 5.41) is 23.9. The minimum atomic E-state index is -0.703. The molecule has 0 bridgehead atoms. The van der Waals surface area contributed by atoms with Gasteiger partial charge < -0.3 is 9.84 Å². The number of nitro benzene ring substituents is 1. The van der Waals surface area contributed by atoms with E-state index in [0.29, 0.717) is 11.3 Å². The molecule has 0 aliphatic carbocycles. The fourth-order valence-electron chi connectivity index (χ4n) is 2.51. The summed E-state index contributed by atoms with van der Waals surface area (Å²) in [6.07, 6.45) is 1.24. The van der Waals surface area contributed by atoms with E-state index >= 15 is 0 Å². The van der Waals surface area contributed by atoms with Crippen molar-refractivity contribution in [3.05, 3.63) is 62.7 Å². The standard InChI is InChI=1S/C18H19N3O5/c1-11-6-12(2)18(13(3)7-11)26-10-17(23)20-19-9-14-4-5-16(22)15(8-14)21(24)25/h4-9,22H,10H2,1-3H3,(H,20,23)/b19-9-. The molecule has 8 heteroatoms. The summed E-state index contributed by atoms with van der Waals surface area (Å²) in [5.74, 6) is -0.244. The fraction of sp³-hybridized carbons (Fsp3) is 0.222. The van der Waals surface area contributed by atoms with Crippen LogP contribution in [0.2, 0.25) is 0 Å². The monoisotopic (exact) mass is 357 g/mol. The third-order valence-electron chi connectivity index (χ3n) is 3.55. The van der Waals surface area contributed by atoms with Crippen molar-refractivity contribution in [1.29, 1.82) is 0 Å². The highest BCUT2D eigenvalue weighted by Crippen LogP contribution is 2.26. The molecular formula is C18H19N3O5. The van der Waals surface area contributed by atoms with Crippen molar-refractivity contribution in [3.8, 4) is 11.5 Å². The molecule has 0 aliphatic rings. The number of aromatic hydroxyl groups is 1. The van der Waals surface area contributed by atoms with Crippen LogP contribution < -0.4 is 10.2 Å². The van der Waals surface area contributed by atoms with Gasteiger partial charge in [0.15, 0.2) is 12.4 Å². The van der Waals surface area contributed by atoms with E-state index in [0.717, 1.165) is 22.8 Å². The van der Waals surface area contributed by atoms with Gasteiger partial charge in [0, 0.05) is 11.6 Å². The van der Waals surface area contributed by atoms with Crippen LogP contribution in [0, 0.1) is 30.9 Å². The summed E-state index contributed by atoms with van der Waals surface area (Å²) in [5.41, 5.74) is 5.21. The molecule has 0 unspecified atom stereocenters. The van der Waals surface area contributed by atoms with Crippen LogP contribution in [0.25, 0.3) is 0 Å². The molecule has 0 saturated carbocycles. The number of hydrogen-bond donors (Lipinski definition) is 2. The lowest BCUT2D eigenvalue weighted by atomic mass is 10.1. The van der Waals surface area contributed by atoms with Gasteiger partial charge in [-0.15, -0.1) is 0 Å². The van der Waals surface area contributed by atoms with E-state index in [4.69, 9.17) is 4.74 Å². The Hall–Kier alpha value is -3.42. The Morgan fingerprint density at radius 1 is 1.27 bits per heavy atom. The molecule has 0 atom stereocenters. The molecular weight excluding hydrogens is 338 g/mol. The van der Waals surface area contributed by atoms with E-state index in [1.807, 2.05) is 32.9 Å². The van der Waals surface area contributed by atoms with Gasteiger partial charge in [-0.1, -0.05) is 17.7 Å². The molecule has 26 heavy (non-hydrogen) atoms. The Bertz CT molecular complexity index is 854. The van der Waals surface area contributed by atoms with Crippen molar-refractivity contribution in [2.24, 2.45) is 5.10 Å². The zero-order valence-electron chi connectivity index (χ0n) is 14.6. The average molecular weight is 357 g/mol. The Labute approximate surface area is 150 Å². The number of hydrazone groups is 1. The lowest BCUT2D eigenvalue weighted by Crippen LogP contribution is -2.25. The predicted octanol–water partition coefficient (Wildman–Crippen LogP) is 2.75. The minimum absolute atomic E-state index is 0.211. The normalized spacial score (nSPS) is 10.7. The van der Waals surface area contributed by atoms with Crippen LogP contribution >= 0.6 is 0 Å². The van der Waals surface area contributed by atoms with Gasteiger partial charge in [-0.05, 0) is 44.0 Å². The number of ether oxygens (including phenoxy) is 1. The molecule has 0 heterocycles. The number of nitro groups is 1. The first-order valence-electron chi connectivity index (χ1n) is 7.78. The molecule has 0 saturated heterocycles. The van der Waals surface area contributed by atoms with Crippen molar-refractivity contribution in [2.45, 2.75) is 20.8 Å². The summed E-state index contributed by atoms with van der Waals surface area (Å²) >= 11 is 0. The van der Waals surface area contributed by atoms with Crippen LogP contribution in [0.3, 0.4) is 0 Å². The summed E-state index contributed by atoms with van der Waals surface area (Å²) in [6, 6.07) is 7.72. The zero-order chi connectivity index (χ0) is 19.3. The second-order valence-corrected chi connectivity index (χ2v) is 5.81. The van der Waals surface area contributed by atoms with Crippen molar-refractivity contribution < 1.29 is 19.6 Å². The predicted molar refractivity (Wildman–Crippen MR) is 96.6 cm³/mol. The van der Waals surface area contributed by atoms with Crippen LogP contribution in [-0.2, 0) is 4.79 Å². The molecule has 0 fully saturated rings. The zero-order valence-corrected chi connectivity index (χ0v) is 14.6. The smallest absolute Gasteiger partial charge is 0.311 e. The van der Waals surface area contributed by atoms with Gasteiger partial charge >= 0.3 is 5.69 Å². The minimum Gasteiger partial charge on any atom is -0.502 e. The number of amides is 1. The van der Waals surface area contributed by atoms with Gasteiger partial charge in [-0.2, -0.15) is 5.10 Å². The van der Waals surface area contributed by atoms with Crippen molar-refractivity contribution in [1.82, 2.24) is 5.43 Å². The van der Waals surface area contributed by atoms with Gasteiger partial charge in [0.25, 0.3) is 5.91 Å². The maximum atomic E-state index is 11.8. The van der Waals surface area contributed by atoms with E-state index in [1.165, 1.54) is 18.3 Å². The number of carbonyl (C=O) groups is 1. The number of carbonyl (C=O) groups excluding carboxylic acids is 1. The van der Waals surface area contributed by atoms with E-state index in [2.05, 4.69) is 10.5 Å². The molecule has 2 rings (SSSR count). The number of nitrogens with zero attached hydrogens (tertiary/aromatic N) is 2. The van der Waals surface area contributed by atoms with Gasteiger partial charge in [0.2, 0.25) is 0 Å². The molecule has 0 aliphatic heterocycles. The fourth-order valence-corrected chi connectivity index (χ4v) is 2.51. The molecule has 0 spiro atoms. The van der Waals surface area contributed by atoms with Crippen LogP contribution in [0.15, 0.2) is 35.4 Å². The van der Waals surface area contributed by atoms with Crippen molar-refractivity contribution >= 4 is 17.8 Å². The number of phenolic OH excluding ortho intramolecular Hbond substituents is 1. The number of rotatable bonds is 6. The lowest BCUT2D eigenvalue weighted by Gasteiger charge is -2.12. The van der Waals surface area contributed by atoms with E-state index in [-0.39, 0.29) is 6.61 Å². The number of aryl methyl sites for hydroxylation is 3. The van der Waals surface area contributed by atoms with Gasteiger partial charge in [0.05, 0.1) is 11.1 Å². The topological polar surface area (TPSA) is 114 Å². The summed E-state index contributed by atoms with van der Waals surface area (Å²) in [7, 11) is 0. The third-order valence-corrected chi connectivity index (χ3v) is 3.55. The Balaban J connectivity index is 1.94. The van der Waals surface area contributed by atoms with E-state index in [1.54, 1.807) is 0 Å². The number of benzene rings is 2. The summed E-state index contributed by atoms with van der Waals surface area (Å²) in [4.78, 5) is 21.9. The largest absolute Gasteiger partial charge is 0.502 e. The molecule has 2 aromatic carbocycles. The Morgan fingerprint density at radius 3 is 2.54 bits per heavy atom. The highest BCUT2D eigenvalue weighted by atomic mass is 16.6. The van der Waals surface area contributed by atoms with E-state index < -0.39 is 22.3 Å². The van der Waals surface area contributed by atoms with Gasteiger partial charge in [-0.25, -0.2) is 5.43 Å². The van der Waals surface area contributed by atoms with Gasteiger partial charge in [-0.3, -0.25) is 14.9 Å². The average Bonchev–Trinajstić information content (AvgIpc) is 2.55. The number of nitrogens with one attached hydrogen (secondary N) is 1. The van der Waals surface area contributed by atoms with Crippen molar-refractivity contribution in [2.75, 3.05) is 6.61 Å². The Kier molecular flexibility index (Phi) is 5.90. The summed E-state index contributed by atoms with van der Waals surface area (Å²) in [6.45, 7) is 5.59. The SMILES string of the molecule is Cc1cc(C)c(OCC(=O)N/N=C\c2ccc(O)c([N+](=O)[O-])c2)c(C)c1.